The largest absolute Gasteiger partial charge is 0.381 e. The number of hydrogen-bond donors (Lipinski definition) is 4. The Hall–Kier alpha value is -2.77. The zero-order valence-corrected chi connectivity index (χ0v) is 16.9. The van der Waals surface area contributed by atoms with Crippen LogP contribution in [0.2, 0.25) is 0 Å². The fourth-order valence-corrected chi connectivity index (χ4v) is 4.03. The van der Waals surface area contributed by atoms with E-state index >= 15 is 0 Å². The third-order valence-corrected chi connectivity index (χ3v) is 6.10. The maximum Gasteiger partial charge on any atom is 0.251 e. The van der Waals surface area contributed by atoms with E-state index in [0.29, 0.717) is 13.0 Å². The number of rotatable bonds is 8. The van der Waals surface area contributed by atoms with Crippen LogP contribution in [0, 0.1) is 5.41 Å². The van der Waals surface area contributed by atoms with E-state index < -0.39 is 18.1 Å². The van der Waals surface area contributed by atoms with Gasteiger partial charge in [0.1, 0.15) is 0 Å². The third-order valence-electron chi connectivity index (χ3n) is 6.10. The molecule has 1 aliphatic heterocycles. The molecular formula is C23H28N4O3. The van der Waals surface area contributed by atoms with E-state index in [-0.39, 0.29) is 17.4 Å². The van der Waals surface area contributed by atoms with Crippen LogP contribution in [0.5, 0.6) is 0 Å². The molecule has 1 spiro atoms. The maximum atomic E-state index is 12.8. The molecule has 2 amide bonds. The number of carbonyl (C=O) groups excluding carboxylic acids is 2. The molecule has 1 saturated carbocycles. The lowest BCUT2D eigenvalue weighted by Gasteiger charge is -2.25. The first-order valence-electron chi connectivity index (χ1n) is 10.5. The van der Waals surface area contributed by atoms with E-state index in [1.165, 1.54) is 0 Å². The van der Waals surface area contributed by atoms with Crippen LogP contribution in [0.15, 0.2) is 54.9 Å². The Morgan fingerprint density at radius 1 is 1.17 bits per heavy atom. The first kappa shape index (κ1) is 20.5. The zero-order chi connectivity index (χ0) is 21.0. The molecule has 4 N–H and O–H groups in total. The lowest BCUT2D eigenvalue weighted by atomic mass is 9.99. The Balaban J connectivity index is 1.40. The van der Waals surface area contributed by atoms with Gasteiger partial charge in [-0.25, -0.2) is 0 Å². The molecular weight excluding hydrogens is 380 g/mol. The van der Waals surface area contributed by atoms with Crippen molar-refractivity contribution < 1.29 is 14.7 Å². The Morgan fingerprint density at radius 3 is 2.60 bits per heavy atom. The summed E-state index contributed by atoms with van der Waals surface area (Å²) in [6.07, 6.45) is 5.43. The molecule has 3 atom stereocenters. The van der Waals surface area contributed by atoms with Gasteiger partial charge in [-0.3, -0.25) is 14.6 Å². The summed E-state index contributed by atoms with van der Waals surface area (Å²) in [7, 11) is 0. The first-order valence-corrected chi connectivity index (χ1v) is 10.5. The normalized spacial score (nSPS) is 21.0. The van der Waals surface area contributed by atoms with Crippen molar-refractivity contribution in [1.82, 2.24) is 20.9 Å². The number of aliphatic hydroxyl groups excluding tert-OH is 1. The van der Waals surface area contributed by atoms with E-state index in [1.807, 2.05) is 36.4 Å². The van der Waals surface area contributed by atoms with E-state index in [2.05, 4.69) is 20.9 Å². The number of benzene rings is 1. The summed E-state index contributed by atoms with van der Waals surface area (Å²) >= 11 is 0. The Labute approximate surface area is 176 Å². The summed E-state index contributed by atoms with van der Waals surface area (Å²) in [6.45, 7) is 1.18. The maximum absolute atomic E-state index is 12.8. The van der Waals surface area contributed by atoms with Crippen LogP contribution in [0.3, 0.4) is 0 Å². The molecule has 2 aromatic rings. The molecule has 2 fully saturated rings. The van der Waals surface area contributed by atoms with Crippen molar-refractivity contribution in [3.8, 4) is 0 Å². The average molecular weight is 409 g/mol. The fraction of sp³-hybridized carbons (Fsp3) is 0.435. The van der Waals surface area contributed by atoms with Crippen LogP contribution in [-0.2, 0) is 22.6 Å². The van der Waals surface area contributed by atoms with Crippen molar-refractivity contribution in [2.75, 3.05) is 6.54 Å². The number of nitrogens with zero attached hydrogens (tertiary/aromatic N) is 1. The van der Waals surface area contributed by atoms with E-state index in [0.717, 1.165) is 36.9 Å². The predicted octanol–water partition coefficient (Wildman–Crippen LogP) is 0.928. The van der Waals surface area contributed by atoms with Gasteiger partial charge in [0.2, 0.25) is 5.91 Å². The van der Waals surface area contributed by atoms with Crippen molar-refractivity contribution in [2.45, 2.75) is 50.4 Å². The van der Waals surface area contributed by atoms with Gasteiger partial charge >= 0.3 is 0 Å². The van der Waals surface area contributed by atoms with Crippen molar-refractivity contribution in [3.63, 3.8) is 0 Å². The Kier molecular flexibility index (Phi) is 6.11. The molecule has 4 rings (SSSR count). The highest BCUT2D eigenvalue weighted by atomic mass is 16.3. The number of aromatic nitrogens is 1. The first-order chi connectivity index (χ1) is 14.5. The molecule has 1 saturated heterocycles. The van der Waals surface area contributed by atoms with Crippen LogP contribution in [0.4, 0.5) is 0 Å². The van der Waals surface area contributed by atoms with Gasteiger partial charge in [0.25, 0.3) is 5.91 Å². The molecule has 2 heterocycles. The number of hydrogen-bond acceptors (Lipinski definition) is 5. The monoisotopic (exact) mass is 408 g/mol. The summed E-state index contributed by atoms with van der Waals surface area (Å²) in [5.41, 5.74) is 2.07. The van der Waals surface area contributed by atoms with Crippen LogP contribution in [-0.4, -0.2) is 46.6 Å². The smallest absolute Gasteiger partial charge is 0.251 e. The molecule has 30 heavy (non-hydrogen) atoms. The van der Waals surface area contributed by atoms with Crippen LogP contribution in [0.1, 0.15) is 30.4 Å². The van der Waals surface area contributed by atoms with Crippen molar-refractivity contribution in [2.24, 2.45) is 5.41 Å². The molecule has 1 aromatic carbocycles. The van der Waals surface area contributed by atoms with Gasteiger partial charge in [-0.15, -0.1) is 0 Å². The summed E-state index contributed by atoms with van der Waals surface area (Å²) in [5, 5.41) is 19.7. The van der Waals surface area contributed by atoms with Gasteiger partial charge in [0, 0.05) is 25.5 Å². The highest BCUT2D eigenvalue weighted by Crippen LogP contribution is 2.51. The van der Waals surface area contributed by atoms with Gasteiger partial charge in [-0.2, -0.15) is 0 Å². The van der Waals surface area contributed by atoms with Crippen molar-refractivity contribution in [1.29, 1.82) is 0 Å². The highest BCUT2D eigenvalue weighted by Gasteiger charge is 2.50. The average Bonchev–Trinajstić information content (AvgIpc) is 3.40. The van der Waals surface area contributed by atoms with Crippen LogP contribution < -0.4 is 16.0 Å². The minimum Gasteiger partial charge on any atom is -0.381 e. The molecule has 1 aromatic heterocycles. The fourth-order valence-electron chi connectivity index (χ4n) is 4.03. The summed E-state index contributed by atoms with van der Waals surface area (Å²) in [4.78, 5) is 29.6. The molecule has 0 bridgehead atoms. The lowest BCUT2D eigenvalue weighted by Crippen LogP contribution is -2.54. The minimum atomic E-state index is -1.37. The summed E-state index contributed by atoms with van der Waals surface area (Å²) < 4.78 is 0. The number of pyridine rings is 1. The van der Waals surface area contributed by atoms with Crippen molar-refractivity contribution in [3.05, 3.63) is 66.0 Å². The van der Waals surface area contributed by atoms with Gasteiger partial charge in [0.15, 0.2) is 6.10 Å². The van der Waals surface area contributed by atoms with Gasteiger partial charge in [-0.1, -0.05) is 36.4 Å². The van der Waals surface area contributed by atoms with E-state index in [1.54, 1.807) is 18.5 Å². The second-order valence-corrected chi connectivity index (χ2v) is 8.47. The standard InChI is InChI=1S/C23H28N4O3/c28-20(22(30)25-14-16-5-2-1-3-6-16)18(11-17-7-4-10-24-13-17)27-21(29)19-12-23(8-9-23)15-26-19/h1-7,10,13,18-20,26,28H,8-9,11-12,14-15H2,(H,25,30)(H,27,29)/t18-,19?,20?/m0/s1. The second-order valence-electron chi connectivity index (χ2n) is 8.47. The number of carbonyl (C=O) groups is 2. The number of aliphatic hydroxyl groups is 1. The predicted molar refractivity (Wildman–Crippen MR) is 112 cm³/mol. The van der Waals surface area contributed by atoms with Crippen LogP contribution >= 0.6 is 0 Å². The van der Waals surface area contributed by atoms with E-state index in [4.69, 9.17) is 0 Å². The molecule has 7 nitrogen and oxygen atoms in total. The lowest BCUT2D eigenvalue weighted by molar-refractivity contribution is -0.132. The summed E-state index contributed by atoms with van der Waals surface area (Å²) in [5.74, 6) is -0.673. The Morgan fingerprint density at radius 2 is 1.93 bits per heavy atom. The minimum absolute atomic E-state index is 0.164. The molecule has 2 unspecified atom stereocenters. The highest BCUT2D eigenvalue weighted by molar-refractivity contribution is 5.85. The zero-order valence-electron chi connectivity index (χ0n) is 16.9. The summed E-state index contributed by atoms with van der Waals surface area (Å²) in [6, 6.07) is 12.2. The molecule has 158 valence electrons. The topological polar surface area (TPSA) is 103 Å². The third kappa shape index (κ3) is 5.04. The van der Waals surface area contributed by atoms with Gasteiger partial charge in [-0.05, 0) is 48.3 Å². The van der Waals surface area contributed by atoms with Crippen molar-refractivity contribution >= 4 is 11.8 Å². The van der Waals surface area contributed by atoms with Gasteiger partial charge in [0.05, 0.1) is 12.1 Å². The van der Waals surface area contributed by atoms with Crippen LogP contribution in [0.25, 0.3) is 0 Å². The van der Waals surface area contributed by atoms with E-state index in [9.17, 15) is 14.7 Å². The molecule has 1 aliphatic carbocycles. The Bertz CT molecular complexity index is 871. The quantitative estimate of drug-likeness (QED) is 0.520. The number of nitrogens with one attached hydrogen (secondary N) is 3. The second kappa shape index (κ2) is 8.93. The molecule has 2 aliphatic rings. The molecule has 0 radical (unpaired) electrons. The number of amides is 2. The SMILES string of the molecule is O=C(N[C@@H](Cc1cccnc1)C(O)C(=O)NCc1ccccc1)C1CC2(CC2)CN1. The van der Waals surface area contributed by atoms with Gasteiger partial charge < -0.3 is 21.1 Å². The molecule has 7 heteroatoms.